The summed E-state index contributed by atoms with van der Waals surface area (Å²) in [7, 11) is 0. The minimum atomic E-state index is 0.452. The monoisotopic (exact) mass is 182 g/mol. The first-order chi connectivity index (χ1) is 5.69. The molecule has 0 saturated carbocycles. The zero-order valence-corrected chi connectivity index (χ0v) is 10.7. The molecule has 0 unspecified atom stereocenters. The summed E-state index contributed by atoms with van der Waals surface area (Å²) in [5, 5.41) is 0.904. The van der Waals surface area contributed by atoms with Gasteiger partial charge in [0.25, 0.3) is 0 Å². The van der Waals surface area contributed by atoms with Gasteiger partial charge < -0.3 is 0 Å². The van der Waals surface area contributed by atoms with Crippen molar-refractivity contribution in [2.75, 3.05) is 0 Å². The molecule has 0 heterocycles. The van der Waals surface area contributed by atoms with Gasteiger partial charge in [-0.15, -0.1) is 0 Å². The predicted octanol–water partition coefficient (Wildman–Crippen LogP) is 4.88. The first-order valence-corrected chi connectivity index (χ1v) is 5.69. The summed E-state index contributed by atoms with van der Waals surface area (Å²) in [6.45, 7) is 17.4. The molecule has 0 radical (unpaired) electrons. The van der Waals surface area contributed by atoms with Gasteiger partial charge in [0, 0.05) is 0 Å². The highest BCUT2D eigenvalue weighted by Gasteiger charge is 2.37. The maximum absolute atomic E-state index is 2.37. The average molecular weight is 182 g/mol. The van der Waals surface area contributed by atoms with E-state index in [0.29, 0.717) is 10.6 Å². The van der Waals surface area contributed by atoms with E-state index in [1.54, 1.807) is 0 Å². The average Bonchev–Trinajstić information content (AvgIpc) is 1.81. The fourth-order valence-electron chi connectivity index (χ4n) is 2.57. The van der Waals surface area contributed by atoms with Crippen LogP contribution < -0.4 is 0 Å². The highest BCUT2D eigenvalue weighted by atomic mass is 14.2. The van der Waals surface area contributed by atoms with Crippen molar-refractivity contribution in [3.05, 3.63) is 0 Å². The second-order valence-corrected chi connectivity index (χ2v) is 6.43. The molecule has 0 saturated heterocycles. The molecule has 1 heteroatoms. The summed E-state index contributed by atoms with van der Waals surface area (Å²) < 4.78 is 0. The lowest BCUT2D eigenvalue weighted by Gasteiger charge is -2.38. The van der Waals surface area contributed by atoms with Gasteiger partial charge in [-0.3, -0.25) is 0 Å². The highest BCUT2D eigenvalue weighted by molar-refractivity contribution is 6.65. The Labute approximate surface area is 85.6 Å². The second-order valence-electron chi connectivity index (χ2n) is 6.43. The Morgan fingerprint density at radius 3 is 1.46 bits per heavy atom. The molecule has 0 aliphatic carbocycles. The molecule has 13 heavy (non-hydrogen) atoms. The molecule has 0 spiro atoms. The Morgan fingerprint density at radius 1 is 0.846 bits per heavy atom. The van der Waals surface area contributed by atoms with E-state index in [-0.39, 0.29) is 0 Å². The first-order valence-electron chi connectivity index (χ1n) is 5.69. The molecule has 0 rings (SSSR count). The van der Waals surface area contributed by atoms with E-state index in [2.05, 4.69) is 48.5 Å². The van der Waals surface area contributed by atoms with E-state index in [0.717, 1.165) is 6.71 Å². The number of hydrogen-bond acceptors (Lipinski definition) is 0. The van der Waals surface area contributed by atoms with Crippen molar-refractivity contribution < 1.29 is 0 Å². The van der Waals surface area contributed by atoms with Crippen LogP contribution in [0.4, 0.5) is 0 Å². The fourth-order valence-corrected chi connectivity index (χ4v) is 2.57. The third kappa shape index (κ3) is 4.74. The largest absolute Gasteiger partial charge is 0.151 e. The molecule has 0 aromatic heterocycles. The van der Waals surface area contributed by atoms with Crippen molar-refractivity contribution >= 4 is 6.71 Å². The molecular formula is C12H27B. The van der Waals surface area contributed by atoms with Gasteiger partial charge in [0.15, 0.2) is 6.71 Å². The van der Waals surface area contributed by atoms with Gasteiger partial charge in [-0.05, 0) is 0 Å². The van der Waals surface area contributed by atoms with Crippen LogP contribution in [0.3, 0.4) is 0 Å². The molecule has 0 aliphatic heterocycles. The molecule has 78 valence electrons. The fraction of sp³-hybridized carbons (Fsp3) is 1.00. The molecule has 0 fully saturated rings. The quantitative estimate of drug-likeness (QED) is 0.545. The molecular weight excluding hydrogens is 155 g/mol. The minimum Gasteiger partial charge on any atom is -0.0733 e. The SMILES string of the molecule is CCCCB(C(C)(C)C)C(C)(C)C. The molecule has 0 bridgehead atoms. The third-order valence-corrected chi connectivity index (χ3v) is 2.94. The normalized spacial score (nSPS) is 13.2. The lowest BCUT2D eigenvalue weighted by Crippen LogP contribution is -2.34. The zero-order valence-electron chi connectivity index (χ0n) is 10.7. The van der Waals surface area contributed by atoms with E-state index in [1.807, 2.05) is 0 Å². The summed E-state index contributed by atoms with van der Waals surface area (Å²) in [5.74, 6) is 0. The summed E-state index contributed by atoms with van der Waals surface area (Å²) in [4.78, 5) is 0. The van der Waals surface area contributed by atoms with Crippen LogP contribution in [-0.2, 0) is 0 Å². The molecule has 0 nitrogen and oxygen atoms in total. The van der Waals surface area contributed by atoms with E-state index in [1.165, 1.54) is 19.2 Å². The lowest BCUT2D eigenvalue weighted by atomic mass is 9.22. The van der Waals surface area contributed by atoms with Crippen molar-refractivity contribution in [1.82, 2.24) is 0 Å². The molecule has 0 aromatic rings. The minimum absolute atomic E-state index is 0.452. The van der Waals surface area contributed by atoms with Gasteiger partial charge in [-0.25, -0.2) is 0 Å². The van der Waals surface area contributed by atoms with E-state index in [9.17, 15) is 0 Å². The van der Waals surface area contributed by atoms with Crippen LogP contribution in [0.5, 0.6) is 0 Å². The summed E-state index contributed by atoms with van der Waals surface area (Å²) in [5.41, 5.74) is 0. The van der Waals surface area contributed by atoms with Gasteiger partial charge in [0.05, 0.1) is 0 Å². The maximum Gasteiger partial charge on any atom is 0.151 e. The lowest BCUT2D eigenvalue weighted by molar-refractivity contribution is 0.629. The van der Waals surface area contributed by atoms with Crippen LogP contribution in [0, 0.1) is 0 Å². The van der Waals surface area contributed by atoms with Gasteiger partial charge in [0.1, 0.15) is 0 Å². The summed E-state index contributed by atoms with van der Waals surface area (Å²) in [6, 6.07) is 0. The van der Waals surface area contributed by atoms with Crippen LogP contribution in [0.2, 0.25) is 16.9 Å². The van der Waals surface area contributed by atoms with Gasteiger partial charge in [-0.1, -0.05) is 78.3 Å². The zero-order chi connectivity index (χ0) is 10.7. The van der Waals surface area contributed by atoms with Crippen LogP contribution in [0.15, 0.2) is 0 Å². The standard InChI is InChI=1S/C12H27B/c1-8-9-10-13(11(2,3)4)12(5,6)7/h8-10H2,1-7H3. The second kappa shape index (κ2) is 4.53. The van der Waals surface area contributed by atoms with Crippen LogP contribution >= 0.6 is 0 Å². The van der Waals surface area contributed by atoms with Crippen molar-refractivity contribution in [2.45, 2.75) is 78.3 Å². The highest BCUT2D eigenvalue weighted by Crippen LogP contribution is 2.44. The molecule has 0 aliphatic rings. The van der Waals surface area contributed by atoms with Crippen LogP contribution in [-0.4, -0.2) is 6.71 Å². The first kappa shape index (κ1) is 13.1. The molecule has 0 N–H and O–H groups in total. The van der Waals surface area contributed by atoms with E-state index in [4.69, 9.17) is 0 Å². The number of unbranched alkanes of at least 4 members (excludes halogenated alkanes) is 1. The Bertz CT molecular complexity index is 122. The van der Waals surface area contributed by atoms with Gasteiger partial charge in [0.2, 0.25) is 0 Å². The smallest absolute Gasteiger partial charge is 0.0733 e. The summed E-state index contributed by atoms with van der Waals surface area (Å²) in [6.07, 6.45) is 4.07. The Kier molecular flexibility index (Phi) is 4.55. The van der Waals surface area contributed by atoms with Gasteiger partial charge >= 0.3 is 0 Å². The summed E-state index contributed by atoms with van der Waals surface area (Å²) >= 11 is 0. The van der Waals surface area contributed by atoms with Crippen LogP contribution in [0.1, 0.15) is 61.3 Å². The van der Waals surface area contributed by atoms with Crippen molar-refractivity contribution in [1.29, 1.82) is 0 Å². The maximum atomic E-state index is 2.37. The van der Waals surface area contributed by atoms with E-state index < -0.39 is 0 Å². The van der Waals surface area contributed by atoms with E-state index >= 15 is 0 Å². The Balaban J connectivity index is 4.39. The van der Waals surface area contributed by atoms with Gasteiger partial charge in [-0.2, -0.15) is 0 Å². The Morgan fingerprint density at radius 2 is 1.23 bits per heavy atom. The Hall–Kier alpha value is 0.0649. The number of rotatable bonds is 3. The van der Waals surface area contributed by atoms with Crippen LogP contribution in [0.25, 0.3) is 0 Å². The van der Waals surface area contributed by atoms with Crippen molar-refractivity contribution in [3.8, 4) is 0 Å². The topological polar surface area (TPSA) is 0 Å². The molecule has 0 atom stereocenters. The number of hydrogen-bond donors (Lipinski definition) is 0. The molecule has 0 amide bonds. The van der Waals surface area contributed by atoms with Crippen molar-refractivity contribution in [3.63, 3.8) is 0 Å². The third-order valence-electron chi connectivity index (χ3n) is 2.94. The molecule has 0 aromatic carbocycles. The predicted molar refractivity (Wildman–Crippen MR) is 64.9 cm³/mol. The van der Waals surface area contributed by atoms with Crippen molar-refractivity contribution in [2.24, 2.45) is 0 Å².